The van der Waals surface area contributed by atoms with Gasteiger partial charge in [0.1, 0.15) is 0 Å². The maximum atomic E-state index is 8.25. The topological polar surface area (TPSA) is 20.2 Å². The summed E-state index contributed by atoms with van der Waals surface area (Å²) in [5.41, 5.74) is 0. The SMILES string of the molecule is C=CCC/C=C\CO. The van der Waals surface area contributed by atoms with Gasteiger partial charge in [0.05, 0.1) is 6.61 Å². The van der Waals surface area contributed by atoms with E-state index in [9.17, 15) is 0 Å². The second-order valence-electron chi connectivity index (χ2n) is 1.52. The lowest BCUT2D eigenvalue weighted by molar-refractivity contribution is 0.342. The van der Waals surface area contributed by atoms with Gasteiger partial charge in [0.15, 0.2) is 0 Å². The smallest absolute Gasteiger partial charge is 0.0612 e. The number of unbranched alkanes of at least 4 members (excludes halogenated alkanes) is 1. The Morgan fingerprint density at radius 3 is 2.50 bits per heavy atom. The maximum absolute atomic E-state index is 8.25. The van der Waals surface area contributed by atoms with Crippen molar-refractivity contribution in [3.05, 3.63) is 24.8 Å². The van der Waals surface area contributed by atoms with Crippen LogP contribution in [0.25, 0.3) is 0 Å². The Hall–Kier alpha value is -0.560. The monoisotopic (exact) mass is 112 g/mol. The van der Waals surface area contributed by atoms with E-state index in [1.807, 2.05) is 12.2 Å². The number of aliphatic hydroxyl groups is 1. The molecule has 1 heteroatoms. The first-order valence-corrected chi connectivity index (χ1v) is 2.78. The van der Waals surface area contributed by atoms with Gasteiger partial charge in [-0.3, -0.25) is 0 Å². The van der Waals surface area contributed by atoms with Gasteiger partial charge in [0.2, 0.25) is 0 Å². The Bertz CT molecular complexity index is 74.5. The predicted octanol–water partition coefficient (Wildman–Crippen LogP) is 1.50. The highest BCUT2D eigenvalue weighted by atomic mass is 16.2. The van der Waals surface area contributed by atoms with E-state index in [4.69, 9.17) is 5.11 Å². The molecule has 1 nitrogen and oxygen atoms in total. The summed E-state index contributed by atoms with van der Waals surface area (Å²) in [6.45, 7) is 3.71. The molecular weight excluding hydrogens is 100 g/mol. The minimum atomic E-state index is 0.150. The van der Waals surface area contributed by atoms with Gasteiger partial charge < -0.3 is 5.11 Å². The van der Waals surface area contributed by atoms with Crippen LogP contribution in [0.1, 0.15) is 12.8 Å². The number of aliphatic hydroxyl groups excluding tert-OH is 1. The molecule has 0 bridgehead atoms. The van der Waals surface area contributed by atoms with Crippen molar-refractivity contribution in [3.8, 4) is 0 Å². The van der Waals surface area contributed by atoms with Crippen LogP contribution in [0, 0.1) is 0 Å². The van der Waals surface area contributed by atoms with E-state index in [1.54, 1.807) is 6.08 Å². The highest BCUT2D eigenvalue weighted by Gasteiger charge is 1.71. The van der Waals surface area contributed by atoms with E-state index < -0.39 is 0 Å². The van der Waals surface area contributed by atoms with E-state index in [0.717, 1.165) is 12.8 Å². The van der Waals surface area contributed by atoms with Crippen LogP contribution >= 0.6 is 0 Å². The van der Waals surface area contributed by atoms with Crippen molar-refractivity contribution in [2.75, 3.05) is 6.61 Å². The third kappa shape index (κ3) is 5.44. The van der Waals surface area contributed by atoms with Gasteiger partial charge >= 0.3 is 0 Å². The van der Waals surface area contributed by atoms with Crippen molar-refractivity contribution in [2.24, 2.45) is 0 Å². The molecule has 0 heterocycles. The fourth-order valence-corrected chi connectivity index (χ4v) is 0.406. The van der Waals surface area contributed by atoms with Crippen molar-refractivity contribution in [1.29, 1.82) is 0 Å². The molecule has 0 aliphatic carbocycles. The molecule has 0 fully saturated rings. The fraction of sp³-hybridized carbons (Fsp3) is 0.429. The van der Waals surface area contributed by atoms with Gasteiger partial charge in [0, 0.05) is 0 Å². The summed E-state index contributed by atoms with van der Waals surface area (Å²) < 4.78 is 0. The van der Waals surface area contributed by atoms with Gasteiger partial charge in [-0.1, -0.05) is 18.2 Å². The van der Waals surface area contributed by atoms with E-state index in [-0.39, 0.29) is 6.61 Å². The second kappa shape index (κ2) is 6.44. The van der Waals surface area contributed by atoms with Gasteiger partial charge in [-0.25, -0.2) is 0 Å². The van der Waals surface area contributed by atoms with Crippen LogP contribution in [0.5, 0.6) is 0 Å². The molecule has 8 heavy (non-hydrogen) atoms. The number of allylic oxidation sites excluding steroid dienone is 2. The molecule has 0 aromatic carbocycles. The van der Waals surface area contributed by atoms with Crippen LogP contribution < -0.4 is 0 Å². The standard InChI is InChI=1S/C7H12O/c1-2-3-4-5-6-7-8/h2,5-6,8H,1,3-4,7H2/b6-5-. The molecule has 0 atom stereocenters. The molecular formula is C7H12O. The summed E-state index contributed by atoms with van der Waals surface area (Å²) >= 11 is 0. The van der Waals surface area contributed by atoms with Crippen LogP contribution in [0.15, 0.2) is 24.8 Å². The van der Waals surface area contributed by atoms with Crippen molar-refractivity contribution in [3.63, 3.8) is 0 Å². The maximum Gasteiger partial charge on any atom is 0.0612 e. The molecule has 0 aromatic rings. The minimum Gasteiger partial charge on any atom is -0.392 e. The molecule has 46 valence electrons. The van der Waals surface area contributed by atoms with Crippen LogP contribution in [-0.2, 0) is 0 Å². The third-order valence-electron chi connectivity index (χ3n) is 0.810. The zero-order chi connectivity index (χ0) is 6.24. The van der Waals surface area contributed by atoms with Gasteiger partial charge in [-0.15, -0.1) is 6.58 Å². The quantitative estimate of drug-likeness (QED) is 0.431. The van der Waals surface area contributed by atoms with E-state index >= 15 is 0 Å². The molecule has 0 saturated heterocycles. The molecule has 0 aliphatic rings. The summed E-state index contributed by atoms with van der Waals surface area (Å²) in [6.07, 6.45) is 7.54. The summed E-state index contributed by atoms with van der Waals surface area (Å²) in [5, 5.41) is 8.25. The fourth-order valence-electron chi connectivity index (χ4n) is 0.406. The Labute approximate surface area is 50.3 Å². The Kier molecular flexibility index (Phi) is 5.99. The molecule has 1 N–H and O–H groups in total. The number of hydrogen-bond acceptors (Lipinski definition) is 1. The Balaban J connectivity index is 2.90. The highest BCUT2D eigenvalue weighted by Crippen LogP contribution is 1.89. The second-order valence-corrected chi connectivity index (χ2v) is 1.52. The average Bonchev–Trinajstić information content (AvgIpc) is 1.81. The van der Waals surface area contributed by atoms with Crippen molar-refractivity contribution in [2.45, 2.75) is 12.8 Å². The summed E-state index contributed by atoms with van der Waals surface area (Å²) in [5.74, 6) is 0. The average molecular weight is 112 g/mol. The molecule has 0 amide bonds. The van der Waals surface area contributed by atoms with Crippen LogP contribution in [-0.4, -0.2) is 11.7 Å². The minimum absolute atomic E-state index is 0.150. The van der Waals surface area contributed by atoms with Crippen molar-refractivity contribution in [1.82, 2.24) is 0 Å². The largest absolute Gasteiger partial charge is 0.392 e. The highest BCUT2D eigenvalue weighted by molar-refractivity contribution is 4.83. The summed E-state index contributed by atoms with van der Waals surface area (Å²) in [7, 11) is 0. The van der Waals surface area contributed by atoms with Crippen molar-refractivity contribution >= 4 is 0 Å². The Morgan fingerprint density at radius 2 is 2.00 bits per heavy atom. The molecule has 0 unspecified atom stereocenters. The summed E-state index contributed by atoms with van der Waals surface area (Å²) in [4.78, 5) is 0. The number of hydrogen-bond donors (Lipinski definition) is 1. The van der Waals surface area contributed by atoms with E-state index in [1.165, 1.54) is 0 Å². The molecule has 0 aliphatic heterocycles. The van der Waals surface area contributed by atoms with Gasteiger partial charge in [0.25, 0.3) is 0 Å². The molecule has 0 radical (unpaired) electrons. The van der Waals surface area contributed by atoms with Crippen LogP contribution in [0.4, 0.5) is 0 Å². The van der Waals surface area contributed by atoms with E-state index in [2.05, 4.69) is 6.58 Å². The molecule has 0 saturated carbocycles. The van der Waals surface area contributed by atoms with Crippen LogP contribution in [0.2, 0.25) is 0 Å². The van der Waals surface area contributed by atoms with Gasteiger partial charge in [-0.2, -0.15) is 0 Å². The normalized spacial score (nSPS) is 10.1. The zero-order valence-electron chi connectivity index (χ0n) is 5.01. The van der Waals surface area contributed by atoms with Gasteiger partial charge in [-0.05, 0) is 12.8 Å². The first-order valence-electron chi connectivity index (χ1n) is 2.78. The van der Waals surface area contributed by atoms with Crippen LogP contribution in [0.3, 0.4) is 0 Å². The molecule has 0 rings (SSSR count). The number of rotatable bonds is 4. The zero-order valence-corrected chi connectivity index (χ0v) is 5.01. The first kappa shape index (κ1) is 7.44. The predicted molar refractivity (Wildman–Crippen MR) is 35.7 cm³/mol. The lowest BCUT2D eigenvalue weighted by Crippen LogP contribution is -1.70. The summed E-state index contributed by atoms with van der Waals surface area (Å²) in [6, 6.07) is 0. The lowest BCUT2D eigenvalue weighted by Gasteiger charge is -1.81. The Morgan fingerprint density at radius 1 is 1.25 bits per heavy atom. The first-order chi connectivity index (χ1) is 3.91. The lowest BCUT2D eigenvalue weighted by atomic mass is 10.3. The van der Waals surface area contributed by atoms with Crippen molar-refractivity contribution < 1.29 is 5.11 Å². The molecule has 0 aromatic heterocycles. The molecule has 0 spiro atoms. The third-order valence-corrected chi connectivity index (χ3v) is 0.810. The van der Waals surface area contributed by atoms with E-state index in [0.29, 0.717) is 0 Å².